The molecule has 1 spiro atoms. The van der Waals surface area contributed by atoms with Gasteiger partial charge in [-0.3, -0.25) is 9.80 Å². The summed E-state index contributed by atoms with van der Waals surface area (Å²) in [5, 5.41) is 0. The summed E-state index contributed by atoms with van der Waals surface area (Å²) in [4.78, 5) is 5.37. The minimum absolute atomic E-state index is 0.188. The summed E-state index contributed by atoms with van der Waals surface area (Å²) in [6.45, 7) is 20.1. The average Bonchev–Trinajstić information content (AvgIpc) is 2.90. The molecule has 3 fully saturated rings. The third kappa shape index (κ3) is 3.99. The molecule has 1 atom stereocenters. The van der Waals surface area contributed by atoms with Gasteiger partial charge in [-0.2, -0.15) is 0 Å². The second-order valence-electron chi connectivity index (χ2n) is 10.7. The minimum atomic E-state index is 0.188. The standard InChI is InChI=1S/C21H40N2O/c1-19(2,3)17-7-11-22(12-8-17)18-15-21(24-16-18)9-13-23(14-10-21)20(4,5)6/h17-18H,7-16H2,1-6H3. The van der Waals surface area contributed by atoms with Gasteiger partial charge in [0.25, 0.3) is 0 Å². The van der Waals surface area contributed by atoms with E-state index in [1.54, 1.807) is 0 Å². The number of hydrogen-bond acceptors (Lipinski definition) is 3. The van der Waals surface area contributed by atoms with Gasteiger partial charge in [0.1, 0.15) is 0 Å². The molecule has 140 valence electrons. The van der Waals surface area contributed by atoms with Crippen molar-refractivity contribution in [3.63, 3.8) is 0 Å². The van der Waals surface area contributed by atoms with Crippen LogP contribution in [0, 0.1) is 11.3 Å². The average molecular weight is 337 g/mol. The SMILES string of the molecule is CC(C)(C)C1CCN(C2COC3(CCN(C(C)(C)C)CC3)C2)CC1. The predicted octanol–water partition coefficient (Wildman–Crippen LogP) is 4.17. The highest BCUT2D eigenvalue weighted by molar-refractivity contribution is 4.99. The summed E-state index contributed by atoms with van der Waals surface area (Å²) < 4.78 is 6.43. The summed E-state index contributed by atoms with van der Waals surface area (Å²) in [6.07, 6.45) is 6.44. The molecule has 3 aliphatic heterocycles. The lowest BCUT2D eigenvalue weighted by Crippen LogP contribution is -2.51. The van der Waals surface area contributed by atoms with Crippen molar-refractivity contribution in [3.8, 4) is 0 Å². The summed E-state index contributed by atoms with van der Waals surface area (Å²) in [5.74, 6) is 0.889. The van der Waals surface area contributed by atoms with Crippen molar-refractivity contribution < 1.29 is 4.74 Å². The van der Waals surface area contributed by atoms with Crippen LogP contribution in [0.2, 0.25) is 0 Å². The van der Waals surface area contributed by atoms with Crippen molar-refractivity contribution in [2.24, 2.45) is 11.3 Å². The van der Waals surface area contributed by atoms with Crippen LogP contribution in [0.25, 0.3) is 0 Å². The first-order valence-electron chi connectivity index (χ1n) is 10.2. The second kappa shape index (κ2) is 6.55. The highest BCUT2D eigenvalue weighted by Gasteiger charge is 2.46. The van der Waals surface area contributed by atoms with Gasteiger partial charge in [-0.1, -0.05) is 20.8 Å². The largest absolute Gasteiger partial charge is 0.373 e. The molecule has 3 saturated heterocycles. The van der Waals surface area contributed by atoms with E-state index < -0.39 is 0 Å². The van der Waals surface area contributed by atoms with Crippen LogP contribution in [0.4, 0.5) is 0 Å². The van der Waals surface area contributed by atoms with E-state index in [4.69, 9.17) is 4.74 Å². The van der Waals surface area contributed by atoms with Gasteiger partial charge in [-0.25, -0.2) is 0 Å². The van der Waals surface area contributed by atoms with Crippen LogP contribution in [-0.4, -0.2) is 59.8 Å². The zero-order chi connectivity index (χ0) is 17.6. The maximum Gasteiger partial charge on any atom is 0.0723 e. The van der Waals surface area contributed by atoms with Gasteiger partial charge in [-0.05, 0) is 77.3 Å². The number of likely N-dealkylation sites (tertiary alicyclic amines) is 2. The first kappa shape index (κ1) is 18.7. The van der Waals surface area contributed by atoms with Gasteiger partial charge in [0, 0.05) is 24.7 Å². The third-order valence-electron chi connectivity index (χ3n) is 7.08. The highest BCUT2D eigenvalue weighted by atomic mass is 16.5. The molecule has 0 aromatic heterocycles. The fourth-order valence-electron chi connectivity index (χ4n) is 5.12. The number of piperidine rings is 2. The monoisotopic (exact) mass is 336 g/mol. The first-order chi connectivity index (χ1) is 11.1. The topological polar surface area (TPSA) is 15.7 Å². The molecule has 0 aliphatic carbocycles. The maximum atomic E-state index is 6.43. The Hall–Kier alpha value is -0.120. The van der Waals surface area contributed by atoms with Gasteiger partial charge in [0.05, 0.1) is 12.2 Å². The molecule has 1 unspecified atom stereocenters. The van der Waals surface area contributed by atoms with E-state index in [-0.39, 0.29) is 5.60 Å². The van der Waals surface area contributed by atoms with Gasteiger partial charge in [0.15, 0.2) is 0 Å². The van der Waals surface area contributed by atoms with E-state index in [0.29, 0.717) is 17.0 Å². The highest BCUT2D eigenvalue weighted by Crippen LogP contribution is 2.41. The van der Waals surface area contributed by atoms with Crippen molar-refractivity contribution in [2.45, 2.75) is 90.8 Å². The zero-order valence-electron chi connectivity index (χ0n) is 17.0. The Morgan fingerprint density at radius 2 is 1.46 bits per heavy atom. The van der Waals surface area contributed by atoms with Gasteiger partial charge in [0.2, 0.25) is 0 Å². The van der Waals surface area contributed by atoms with Crippen LogP contribution in [0.15, 0.2) is 0 Å². The maximum absolute atomic E-state index is 6.43. The van der Waals surface area contributed by atoms with Crippen LogP contribution < -0.4 is 0 Å². The quantitative estimate of drug-likeness (QED) is 0.715. The lowest BCUT2D eigenvalue weighted by Gasteiger charge is -2.45. The van der Waals surface area contributed by atoms with E-state index in [9.17, 15) is 0 Å². The number of nitrogens with zero attached hydrogens (tertiary/aromatic N) is 2. The zero-order valence-corrected chi connectivity index (χ0v) is 17.0. The van der Waals surface area contributed by atoms with E-state index in [1.165, 1.54) is 58.3 Å². The first-order valence-corrected chi connectivity index (χ1v) is 10.2. The third-order valence-corrected chi connectivity index (χ3v) is 7.08. The molecule has 0 aromatic rings. The van der Waals surface area contributed by atoms with Crippen molar-refractivity contribution in [1.82, 2.24) is 9.80 Å². The fourth-order valence-corrected chi connectivity index (χ4v) is 5.12. The minimum Gasteiger partial charge on any atom is -0.373 e. The van der Waals surface area contributed by atoms with Crippen molar-refractivity contribution in [2.75, 3.05) is 32.8 Å². The molecule has 3 rings (SSSR count). The van der Waals surface area contributed by atoms with Crippen LogP contribution >= 0.6 is 0 Å². The predicted molar refractivity (Wildman–Crippen MR) is 101 cm³/mol. The van der Waals surface area contributed by atoms with Crippen LogP contribution in [0.5, 0.6) is 0 Å². The van der Waals surface area contributed by atoms with E-state index in [0.717, 1.165) is 12.5 Å². The Morgan fingerprint density at radius 3 is 1.96 bits per heavy atom. The van der Waals surface area contributed by atoms with Crippen LogP contribution in [0.1, 0.15) is 73.6 Å². The molecule has 0 amide bonds. The van der Waals surface area contributed by atoms with Crippen molar-refractivity contribution in [3.05, 3.63) is 0 Å². The summed E-state index contributed by atoms with van der Waals surface area (Å²) in [5.41, 5.74) is 0.959. The molecule has 0 aromatic carbocycles. The second-order valence-corrected chi connectivity index (χ2v) is 10.7. The molecule has 0 N–H and O–H groups in total. The molecular formula is C21H40N2O. The Bertz CT molecular complexity index is 418. The molecule has 0 radical (unpaired) electrons. The summed E-state index contributed by atoms with van der Waals surface area (Å²) in [6, 6.07) is 0.673. The number of hydrogen-bond donors (Lipinski definition) is 0. The van der Waals surface area contributed by atoms with Crippen molar-refractivity contribution >= 4 is 0 Å². The molecule has 3 nitrogen and oxygen atoms in total. The van der Waals surface area contributed by atoms with E-state index >= 15 is 0 Å². The van der Waals surface area contributed by atoms with Gasteiger partial charge in [-0.15, -0.1) is 0 Å². The molecule has 24 heavy (non-hydrogen) atoms. The van der Waals surface area contributed by atoms with Crippen LogP contribution in [0.3, 0.4) is 0 Å². The molecule has 3 aliphatic rings. The molecule has 3 heteroatoms. The molecule has 0 bridgehead atoms. The van der Waals surface area contributed by atoms with Crippen LogP contribution in [-0.2, 0) is 4.74 Å². The normalized spacial score (nSPS) is 31.0. The smallest absolute Gasteiger partial charge is 0.0723 e. The summed E-state index contributed by atoms with van der Waals surface area (Å²) >= 11 is 0. The Morgan fingerprint density at radius 1 is 0.875 bits per heavy atom. The van der Waals surface area contributed by atoms with Crippen molar-refractivity contribution in [1.29, 1.82) is 0 Å². The Balaban J connectivity index is 1.50. The van der Waals surface area contributed by atoms with E-state index in [1.807, 2.05) is 0 Å². The number of rotatable bonds is 1. The molecular weight excluding hydrogens is 296 g/mol. The number of ether oxygens (including phenoxy) is 1. The molecule has 0 saturated carbocycles. The summed E-state index contributed by atoms with van der Waals surface area (Å²) in [7, 11) is 0. The lowest BCUT2D eigenvalue weighted by atomic mass is 9.75. The molecule has 3 heterocycles. The van der Waals surface area contributed by atoms with E-state index in [2.05, 4.69) is 51.3 Å². The Labute approximate surface area is 150 Å². The van der Waals surface area contributed by atoms with Gasteiger partial charge >= 0.3 is 0 Å². The Kier molecular flexibility index (Phi) is 5.10. The lowest BCUT2D eigenvalue weighted by molar-refractivity contribution is -0.0593. The van der Waals surface area contributed by atoms with Gasteiger partial charge < -0.3 is 4.74 Å². The fraction of sp³-hybridized carbons (Fsp3) is 1.00.